The van der Waals surface area contributed by atoms with E-state index in [4.69, 9.17) is 9.52 Å². The molecule has 0 aliphatic carbocycles. The normalized spacial score (nSPS) is 22.8. The van der Waals surface area contributed by atoms with Gasteiger partial charge in [0.15, 0.2) is 0 Å². The molecule has 1 N–H and O–H groups in total. The van der Waals surface area contributed by atoms with E-state index in [0.29, 0.717) is 12.6 Å². The van der Waals surface area contributed by atoms with E-state index in [1.807, 2.05) is 26.6 Å². The molecule has 33 heavy (non-hydrogen) atoms. The highest BCUT2D eigenvalue weighted by Gasteiger charge is 2.38. The van der Waals surface area contributed by atoms with Crippen molar-refractivity contribution >= 4 is 17.4 Å². The van der Waals surface area contributed by atoms with Crippen molar-refractivity contribution in [1.82, 2.24) is 34.7 Å². The number of aryl methyl sites for hydroxylation is 1. The number of nitrogens with one attached hydrogen (secondary N) is 1. The molecule has 6 rings (SSSR count). The molecule has 1 saturated heterocycles. The number of amides is 1. The average molecular weight is 447 g/mol. The van der Waals surface area contributed by atoms with Crippen molar-refractivity contribution in [3.8, 4) is 0 Å². The van der Waals surface area contributed by atoms with E-state index >= 15 is 0 Å². The Labute approximate surface area is 190 Å². The molecule has 1 fully saturated rings. The Kier molecular flexibility index (Phi) is 4.49. The minimum atomic E-state index is -0.299. The van der Waals surface area contributed by atoms with Crippen LogP contribution >= 0.6 is 0 Å². The molecule has 2 aliphatic heterocycles. The maximum atomic E-state index is 13.1. The summed E-state index contributed by atoms with van der Waals surface area (Å²) in [4.78, 5) is 24.8. The van der Waals surface area contributed by atoms with Crippen molar-refractivity contribution in [2.45, 2.75) is 58.2 Å². The van der Waals surface area contributed by atoms with Gasteiger partial charge in [-0.2, -0.15) is 5.10 Å². The molecule has 6 heterocycles. The van der Waals surface area contributed by atoms with E-state index in [2.05, 4.69) is 53.1 Å². The van der Waals surface area contributed by atoms with Gasteiger partial charge >= 0.3 is 17.8 Å². The lowest BCUT2D eigenvalue weighted by atomic mass is 10.00. The number of carbonyl (C=O) groups excluding carboxylic acids is 1. The summed E-state index contributed by atoms with van der Waals surface area (Å²) in [5.41, 5.74) is 4.97. The number of likely N-dealkylation sites (tertiary alicyclic amines) is 1. The summed E-state index contributed by atoms with van der Waals surface area (Å²) >= 11 is 0. The first-order valence-electron chi connectivity index (χ1n) is 11.4. The van der Waals surface area contributed by atoms with Gasteiger partial charge in [-0.3, -0.25) is 4.79 Å². The molecule has 2 aliphatic rings. The van der Waals surface area contributed by atoms with Crippen molar-refractivity contribution < 1.29 is 9.21 Å². The largest absolute Gasteiger partial charge is 0.399 e. The minimum absolute atomic E-state index is 0.0306. The summed E-state index contributed by atoms with van der Waals surface area (Å²) in [6.07, 6.45) is 6.37. The molecule has 0 bridgehead atoms. The zero-order valence-corrected chi connectivity index (χ0v) is 18.9. The third kappa shape index (κ3) is 3.12. The summed E-state index contributed by atoms with van der Waals surface area (Å²) in [6, 6.07) is 6.46. The van der Waals surface area contributed by atoms with E-state index in [1.54, 1.807) is 6.33 Å². The monoisotopic (exact) mass is 446 g/mol. The Bertz CT molecular complexity index is 1330. The Balaban J connectivity index is 1.39. The second-order valence-electron chi connectivity index (χ2n) is 9.08. The van der Waals surface area contributed by atoms with Gasteiger partial charge in [0, 0.05) is 36.9 Å². The predicted molar refractivity (Wildman–Crippen MR) is 120 cm³/mol. The van der Waals surface area contributed by atoms with Crippen LogP contribution < -0.4 is 4.90 Å². The molecule has 0 saturated carbocycles. The Hall–Kier alpha value is -3.69. The molecule has 1 amide bonds. The molecular formula is C23H26N8O2. The number of carbonyl (C=O) groups is 1. The van der Waals surface area contributed by atoms with E-state index in [-0.39, 0.29) is 29.9 Å². The number of nitrogens with zero attached hydrogens (tertiary/aromatic N) is 7. The van der Waals surface area contributed by atoms with Crippen LogP contribution in [0.4, 0.5) is 6.01 Å². The van der Waals surface area contributed by atoms with Crippen molar-refractivity contribution in [1.29, 1.82) is 0 Å². The summed E-state index contributed by atoms with van der Waals surface area (Å²) in [7, 11) is 0. The Morgan fingerprint density at radius 3 is 2.82 bits per heavy atom. The van der Waals surface area contributed by atoms with Gasteiger partial charge in [0.1, 0.15) is 6.04 Å². The maximum absolute atomic E-state index is 13.1. The highest BCUT2D eigenvalue weighted by Crippen LogP contribution is 2.36. The van der Waals surface area contributed by atoms with Gasteiger partial charge < -0.3 is 19.2 Å². The van der Waals surface area contributed by atoms with Gasteiger partial charge in [-0.25, -0.2) is 9.50 Å². The molecule has 170 valence electrons. The van der Waals surface area contributed by atoms with Gasteiger partial charge in [0.25, 0.3) is 0 Å². The second kappa shape index (κ2) is 7.43. The van der Waals surface area contributed by atoms with Gasteiger partial charge in [0.2, 0.25) is 0 Å². The lowest BCUT2D eigenvalue weighted by Crippen LogP contribution is -2.38. The second-order valence-corrected chi connectivity index (χ2v) is 9.08. The van der Waals surface area contributed by atoms with Gasteiger partial charge in [-0.05, 0) is 51.3 Å². The highest BCUT2D eigenvalue weighted by atomic mass is 16.4. The number of aromatic amines is 1. The van der Waals surface area contributed by atoms with E-state index in [1.165, 1.54) is 0 Å². The number of hydrogen-bond acceptors (Lipinski definition) is 7. The number of rotatable bonds is 3. The van der Waals surface area contributed by atoms with Crippen LogP contribution in [0.3, 0.4) is 0 Å². The van der Waals surface area contributed by atoms with Crippen molar-refractivity contribution in [3.63, 3.8) is 0 Å². The fraction of sp³-hybridized carbons (Fsp3) is 0.435. The van der Waals surface area contributed by atoms with Gasteiger partial charge in [-0.1, -0.05) is 11.2 Å². The van der Waals surface area contributed by atoms with Crippen molar-refractivity contribution in [3.05, 3.63) is 59.3 Å². The first-order valence-corrected chi connectivity index (χ1v) is 11.4. The first kappa shape index (κ1) is 20.0. The number of H-pyrrole nitrogens is 1. The highest BCUT2D eigenvalue weighted by molar-refractivity contribution is 5.90. The lowest BCUT2D eigenvalue weighted by molar-refractivity contribution is 0.0652. The van der Waals surface area contributed by atoms with E-state index in [9.17, 15) is 4.79 Å². The third-order valence-electron chi connectivity index (χ3n) is 6.97. The molecule has 10 heteroatoms. The quantitative estimate of drug-likeness (QED) is 0.515. The SMILES string of the molecule is Cc1cccn2nc([C@@H]3c4nc[nH]c4CCN3c3nnc(C(=O)N4[C@H](C)CC[C@H]4C)o3)cc12. The third-order valence-corrected chi connectivity index (χ3v) is 6.97. The molecule has 3 atom stereocenters. The molecule has 10 nitrogen and oxygen atoms in total. The fourth-order valence-corrected chi connectivity index (χ4v) is 5.22. The molecule has 0 unspecified atom stereocenters. The van der Waals surface area contributed by atoms with Crippen LogP contribution in [0.1, 0.15) is 66.1 Å². The topological polar surface area (TPSA) is 108 Å². The zero-order chi connectivity index (χ0) is 22.7. The minimum Gasteiger partial charge on any atom is -0.399 e. The number of pyridine rings is 1. The summed E-state index contributed by atoms with van der Waals surface area (Å²) < 4.78 is 7.85. The molecule has 0 spiro atoms. The molecule has 0 radical (unpaired) electrons. The van der Waals surface area contributed by atoms with Crippen molar-refractivity contribution in [2.24, 2.45) is 0 Å². The van der Waals surface area contributed by atoms with E-state index < -0.39 is 0 Å². The number of anilines is 1. The van der Waals surface area contributed by atoms with Crippen LogP contribution in [-0.2, 0) is 6.42 Å². The van der Waals surface area contributed by atoms with Gasteiger partial charge in [0.05, 0.1) is 23.2 Å². The van der Waals surface area contributed by atoms with E-state index in [0.717, 1.165) is 47.4 Å². The summed E-state index contributed by atoms with van der Waals surface area (Å²) in [5, 5.41) is 13.2. The Morgan fingerprint density at radius 1 is 1.21 bits per heavy atom. The molecule has 0 aromatic carbocycles. The molecule has 4 aromatic heterocycles. The van der Waals surface area contributed by atoms with Crippen LogP contribution in [0.2, 0.25) is 0 Å². The van der Waals surface area contributed by atoms with Crippen LogP contribution in [0.5, 0.6) is 0 Å². The van der Waals surface area contributed by atoms with Crippen LogP contribution in [0, 0.1) is 6.92 Å². The first-order chi connectivity index (χ1) is 16.0. The summed E-state index contributed by atoms with van der Waals surface area (Å²) in [5.74, 6) is -0.174. The smallest absolute Gasteiger partial charge is 0.319 e. The molecular weight excluding hydrogens is 420 g/mol. The number of imidazole rings is 1. The average Bonchev–Trinajstić information content (AvgIpc) is 3.59. The number of fused-ring (bicyclic) bond motifs is 2. The fourth-order valence-electron chi connectivity index (χ4n) is 5.22. The van der Waals surface area contributed by atoms with Gasteiger partial charge in [-0.15, -0.1) is 5.10 Å². The van der Waals surface area contributed by atoms with Crippen LogP contribution in [0.15, 0.2) is 35.1 Å². The summed E-state index contributed by atoms with van der Waals surface area (Å²) in [6.45, 7) is 6.82. The lowest BCUT2D eigenvalue weighted by Gasteiger charge is -2.32. The predicted octanol–water partition coefficient (Wildman–Crippen LogP) is 2.91. The number of aromatic nitrogens is 6. The zero-order valence-electron chi connectivity index (χ0n) is 18.9. The standard InChI is InChI=1S/C23H26N8O2/c1-13-5-4-9-30-18(13)11-17(28-30)20-19-16(24-12-25-19)8-10-29(20)23-27-26-21(33-23)22(32)31-14(2)6-7-15(31)3/h4-5,9,11-12,14-15,20H,6-8,10H2,1-3H3,(H,24,25)/t14-,15-,20-/m1/s1. The molecule has 4 aromatic rings. The van der Waals surface area contributed by atoms with Crippen LogP contribution in [-0.4, -0.2) is 59.2 Å². The van der Waals surface area contributed by atoms with Crippen LogP contribution in [0.25, 0.3) is 5.52 Å². The Morgan fingerprint density at radius 2 is 2.03 bits per heavy atom. The number of hydrogen-bond donors (Lipinski definition) is 1. The maximum Gasteiger partial charge on any atom is 0.319 e. The van der Waals surface area contributed by atoms with Crippen molar-refractivity contribution in [2.75, 3.05) is 11.4 Å².